The number of aromatic nitrogens is 2. The van der Waals surface area contributed by atoms with E-state index in [4.69, 9.17) is 14.5 Å². The van der Waals surface area contributed by atoms with E-state index in [1.54, 1.807) is 14.2 Å². The smallest absolute Gasteiger partial charge is 0.333 e. The van der Waals surface area contributed by atoms with Crippen LogP contribution in [-0.2, 0) is 14.1 Å². The van der Waals surface area contributed by atoms with Gasteiger partial charge in [0.2, 0.25) is 5.88 Å². The standard InChI is InChI=1S/C23H24N4O5/c1-26-21(28)20(22(29)27(2)23(26)30)17-12-16(24-14-7-5-6-8-15(14)25-17)13-9-10-18(31-3)19(11-13)32-4/h5-11,16,24,28H,12H2,1-4H3. The van der Waals surface area contributed by atoms with Crippen molar-refractivity contribution in [1.29, 1.82) is 0 Å². The summed E-state index contributed by atoms with van der Waals surface area (Å²) >= 11 is 0. The third-order valence-electron chi connectivity index (χ3n) is 5.62. The van der Waals surface area contributed by atoms with Gasteiger partial charge < -0.3 is 19.9 Å². The first kappa shape index (κ1) is 21.2. The second kappa shape index (κ2) is 8.26. The second-order valence-corrected chi connectivity index (χ2v) is 7.50. The van der Waals surface area contributed by atoms with Gasteiger partial charge in [0.1, 0.15) is 5.56 Å². The van der Waals surface area contributed by atoms with Gasteiger partial charge in [0.15, 0.2) is 11.5 Å². The molecule has 2 N–H and O–H groups in total. The number of benzene rings is 2. The molecule has 4 rings (SSSR count). The maximum Gasteiger partial charge on any atom is 0.333 e. The average Bonchev–Trinajstić information content (AvgIpc) is 3.00. The lowest BCUT2D eigenvalue weighted by Gasteiger charge is -2.21. The first-order valence-corrected chi connectivity index (χ1v) is 10.00. The molecule has 0 aliphatic carbocycles. The zero-order chi connectivity index (χ0) is 23.0. The zero-order valence-electron chi connectivity index (χ0n) is 18.2. The molecule has 0 saturated carbocycles. The fraction of sp³-hybridized carbons (Fsp3) is 0.261. The Hall–Kier alpha value is -4.01. The minimum Gasteiger partial charge on any atom is -0.494 e. The van der Waals surface area contributed by atoms with E-state index in [9.17, 15) is 14.7 Å². The Kier molecular flexibility index (Phi) is 5.48. The number of hydrogen-bond acceptors (Lipinski definition) is 7. The van der Waals surface area contributed by atoms with Gasteiger partial charge in [0.05, 0.1) is 37.3 Å². The van der Waals surface area contributed by atoms with Crippen LogP contribution < -0.4 is 26.0 Å². The molecule has 9 heteroatoms. The molecule has 32 heavy (non-hydrogen) atoms. The number of nitrogens with zero attached hydrogens (tertiary/aromatic N) is 3. The maximum absolute atomic E-state index is 13.0. The second-order valence-electron chi connectivity index (χ2n) is 7.50. The molecule has 166 valence electrons. The Balaban J connectivity index is 1.91. The lowest BCUT2D eigenvalue weighted by atomic mass is 9.97. The van der Waals surface area contributed by atoms with Crippen LogP contribution in [0.15, 0.2) is 57.0 Å². The summed E-state index contributed by atoms with van der Waals surface area (Å²) in [5.41, 5.74) is 1.45. The third-order valence-corrected chi connectivity index (χ3v) is 5.62. The summed E-state index contributed by atoms with van der Waals surface area (Å²) in [7, 11) is 5.93. The topological polar surface area (TPSA) is 107 Å². The number of ether oxygens (including phenoxy) is 2. The summed E-state index contributed by atoms with van der Waals surface area (Å²) in [5.74, 6) is 0.759. The van der Waals surface area contributed by atoms with Crippen LogP contribution in [0.25, 0.3) is 0 Å². The Morgan fingerprint density at radius 3 is 2.47 bits per heavy atom. The Morgan fingerprint density at radius 1 is 1.03 bits per heavy atom. The summed E-state index contributed by atoms with van der Waals surface area (Å²) in [4.78, 5) is 29.9. The highest BCUT2D eigenvalue weighted by atomic mass is 16.5. The fourth-order valence-corrected chi connectivity index (χ4v) is 3.83. The largest absolute Gasteiger partial charge is 0.494 e. The van der Waals surface area contributed by atoms with E-state index in [0.29, 0.717) is 22.9 Å². The van der Waals surface area contributed by atoms with Crippen LogP contribution in [0.4, 0.5) is 11.4 Å². The zero-order valence-corrected chi connectivity index (χ0v) is 18.2. The number of aliphatic imine (C=N–C) groups is 1. The Labute approximate surface area is 184 Å². The minimum atomic E-state index is -0.611. The van der Waals surface area contributed by atoms with Crippen molar-refractivity contribution < 1.29 is 14.6 Å². The van der Waals surface area contributed by atoms with E-state index in [2.05, 4.69) is 5.32 Å². The van der Waals surface area contributed by atoms with E-state index in [-0.39, 0.29) is 18.0 Å². The first-order chi connectivity index (χ1) is 15.3. The molecule has 0 amide bonds. The molecule has 2 heterocycles. The Morgan fingerprint density at radius 2 is 1.75 bits per heavy atom. The lowest BCUT2D eigenvalue weighted by Crippen LogP contribution is -2.40. The number of para-hydroxylation sites is 2. The third kappa shape index (κ3) is 3.51. The van der Waals surface area contributed by atoms with Gasteiger partial charge in [-0.25, -0.2) is 4.79 Å². The molecule has 0 spiro atoms. The number of hydrogen-bond donors (Lipinski definition) is 2. The molecule has 9 nitrogen and oxygen atoms in total. The molecule has 1 aliphatic heterocycles. The number of methoxy groups -OCH3 is 2. The number of anilines is 1. The molecule has 0 bridgehead atoms. The van der Waals surface area contributed by atoms with Crippen LogP contribution in [0.5, 0.6) is 17.4 Å². The minimum absolute atomic E-state index is 0.00132. The number of aromatic hydroxyl groups is 1. The molecule has 3 aromatic rings. The van der Waals surface area contributed by atoms with Crippen molar-refractivity contribution in [2.24, 2.45) is 19.1 Å². The highest BCUT2D eigenvalue weighted by Crippen LogP contribution is 2.38. The lowest BCUT2D eigenvalue weighted by molar-refractivity contribution is 0.354. The van der Waals surface area contributed by atoms with Gasteiger partial charge in [0.25, 0.3) is 5.56 Å². The quantitative estimate of drug-likeness (QED) is 0.651. The molecule has 1 aliphatic rings. The van der Waals surface area contributed by atoms with Crippen molar-refractivity contribution in [3.05, 3.63) is 74.4 Å². The summed E-state index contributed by atoms with van der Waals surface area (Å²) < 4.78 is 12.8. The van der Waals surface area contributed by atoms with Crippen molar-refractivity contribution in [2.75, 3.05) is 19.5 Å². The molecule has 0 saturated heterocycles. The number of fused-ring (bicyclic) bond motifs is 1. The van der Waals surface area contributed by atoms with Gasteiger partial charge in [0, 0.05) is 20.5 Å². The van der Waals surface area contributed by atoms with Crippen LogP contribution in [0.2, 0.25) is 0 Å². The molecule has 0 radical (unpaired) electrons. The number of nitrogens with one attached hydrogen (secondary N) is 1. The van der Waals surface area contributed by atoms with Crippen molar-refractivity contribution in [1.82, 2.24) is 9.13 Å². The average molecular weight is 436 g/mol. The molecule has 2 aromatic carbocycles. The molecule has 1 aromatic heterocycles. The van der Waals surface area contributed by atoms with Gasteiger partial charge in [-0.2, -0.15) is 0 Å². The normalized spacial score (nSPS) is 15.2. The highest BCUT2D eigenvalue weighted by molar-refractivity contribution is 6.05. The molecular formula is C23H24N4O5. The molecule has 0 fully saturated rings. The van der Waals surface area contributed by atoms with E-state index in [0.717, 1.165) is 20.4 Å². The van der Waals surface area contributed by atoms with E-state index < -0.39 is 17.1 Å². The first-order valence-electron chi connectivity index (χ1n) is 10.00. The van der Waals surface area contributed by atoms with Crippen molar-refractivity contribution in [3.63, 3.8) is 0 Å². The van der Waals surface area contributed by atoms with Crippen molar-refractivity contribution in [3.8, 4) is 17.4 Å². The van der Waals surface area contributed by atoms with Crippen LogP contribution in [0, 0.1) is 0 Å². The maximum atomic E-state index is 13.0. The van der Waals surface area contributed by atoms with Gasteiger partial charge in [-0.1, -0.05) is 18.2 Å². The van der Waals surface area contributed by atoms with Crippen molar-refractivity contribution in [2.45, 2.75) is 12.5 Å². The number of rotatable bonds is 4. The van der Waals surface area contributed by atoms with Gasteiger partial charge in [-0.3, -0.25) is 18.9 Å². The van der Waals surface area contributed by atoms with Crippen LogP contribution >= 0.6 is 0 Å². The summed E-state index contributed by atoms with van der Waals surface area (Å²) in [5, 5.41) is 14.2. The van der Waals surface area contributed by atoms with Crippen LogP contribution in [0.3, 0.4) is 0 Å². The SMILES string of the molecule is COc1ccc(C2CC(c3c(O)n(C)c(=O)n(C)c3=O)=Nc3ccccc3N2)cc1OC. The summed E-state index contributed by atoms with van der Waals surface area (Å²) in [6.45, 7) is 0. The summed E-state index contributed by atoms with van der Waals surface area (Å²) in [6.07, 6.45) is 0.283. The van der Waals surface area contributed by atoms with Crippen LogP contribution in [0.1, 0.15) is 23.6 Å². The fourth-order valence-electron chi connectivity index (χ4n) is 3.83. The van der Waals surface area contributed by atoms with E-state index in [1.165, 1.54) is 14.1 Å². The van der Waals surface area contributed by atoms with Crippen molar-refractivity contribution >= 4 is 17.1 Å². The molecular weight excluding hydrogens is 412 g/mol. The van der Waals surface area contributed by atoms with Crippen LogP contribution in [-0.4, -0.2) is 34.2 Å². The Bertz CT molecular complexity index is 1340. The predicted molar refractivity (Wildman–Crippen MR) is 122 cm³/mol. The van der Waals surface area contributed by atoms with Gasteiger partial charge >= 0.3 is 5.69 Å². The van der Waals surface area contributed by atoms with Gasteiger partial charge in [-0.15, -0.1) is 0 Å². The summed E-state index contributed by atoms with van der Waals surface area (Å²) in [6, 6.07) is 12.7. The van der Waals surface area contributed by atoms with Gasteiger partial charge in [-0.05, 0) is 29.8 Å². The molecule has 1 unspecified atom stereocenters. The monoisotopic (exact) mass is 436 g/mol. The highest BCUT2D eigenvalue weighted by Gasteiger charge is 2.27. The predicted octanol–water partition coefficient (Wildman–Crippen LogP) is 2.48. The van der Waals surface area contributed by atoms with E-state index >= 15 is 0 Å². The molecule has 1 atom stereocenters. The van der Waals surface area contributed by atoms with E-state index in [1.807, 2.05) is 42.5 Å².